The number of halogens is 3. The molecule has 1 aromatic carbocycles. The lowest BCUT2D eigenvalue weighted by Crippen LogP contribution is -2.23. The molecule has 134 valence electrons. The molecular weight excluding hydrogens is 333 g/mol. The molecule has 0 fully saturated rings. The van der Waals surface area contributed by atoms with E-state index in [0.717, 1.165) is 12.1 Å². The van der Waals surface area contributed by atoms with Crippen LogP contribution in [0, 0.1) is 0 Å². The molecule has 0 aliphatic carbocycles. The minimum atomic E-state index is -4.43. The first-order valence-electron chi connectivity index (χ1n) is 7.66. The first kappa shape index (κ1) is 18.6. The summed E-state index contributed by atoms with van der Waals surface area (Å²) in [6.45, 7) is 0.704. The maximum absolute atomic E-state index is 12.3. The van der Waals surface area contributed by atoms with Crippen molar-refractivity contribution in [3.63, 3.8) is 0 Å². The van der Waals surface area contributed by atoms with E-state index in [9.17, 15) is 13.2 Å². The van der Waals surface area contributed by atoms with Crippen molar-refractivity contribution in [2.45, 2.75) is 26.1 Å². The van der Waals surface area contributed by atoms with Crippen molar-refractivity contribution in [1.82, 2.24) is 4.98 Å². The van der Waals surface area contributed by atoms with E-state index in [-0.39, 0.29) is 18.4 Å². The molecule has 3 N–H and O–H groups in total. The average Bonchev–Trinajstić information content (AvgIpc) is 2.59. The molecular formula is C17H19F3N4O. The molecule has 0 aliphatic heterocycles. The molecule has 2 rings (SSSR count). The van der Waals surface area contributed by atoms with Crippen LogP contribution in [0.1, 0.15) is 18.1 Å². The highest BCUT2D eigenvalue weighted by molar-refractivity contribution is 5.92. The second-order valence-corrected chi connectivity index (χ2v) is 5.25. The van der Waals surface area contributed by atoms with E-state index in [1.165, 1.54) is 11.8 Å². The predicted molar refractivity (Wildman–Crippen MR) is 90.6 cm³/mol. The number of hydrogen-bond donors (Lipinski definition) is 2. The third-order valence-corrected chi connectivity index (χ3v) is 3.28. The summed E-state index contributed by atoms with van der Waals surface area (Å²) in [6.07, 6.45) is -2.13. The summed E-state index contributed by atoms with van der Waals surface area (Å²) in [7, 11) is 0. The lowest BCUT2D eigenvalue weighted by atomic mass is 10.1. The van der Waals surface area contributed by atoms with Gasteiger partial charge in [0.1, 0.15) is 0 Å². The van der Waals surface area contributed by atoms with Gasteiger partial charge in [-0.1, -0.05) is 25.1 Å². The lowest BCUT2D eigenvalue weighted by molar-refractivity contribution is -0.154. The van der Waals surface area contributed by atoms with Crippen molar-refractivity contribution in [1.29, 1.82) is 0 Å². The van der Waals surface area contributed by atoms with Crippen LogP contribution in [-0.4, -0.2) is 23.7 Å². The summed E-state index contributed by atoms with van der Waals surface area (Å²) in [4.78, 5) is 7.93. The van der Waals surface area contributed by atoms with Crippen molar-refractivity contribution in [3.8, 4) is 5.88 Å². The summed E-state index contributed by atoms with van der Waals surface area (Å²) in [5, 5.41) is 2.93. The number of aromatic nitrogens is 1. The van der Waals surface area contributed by atoms with Crippen molar-refractivity contribution in [2.24, 2.45) is 10.7 Å². The Morgan fingerprint density at radius 3 is 2.60 bits per heavy atom. The number of rotatable bonds is 6. The zero-order chi connectivity index (χ0) is 18.3. The SMILES string of the molecule is CCc1ccc(NC(N)=NCc2cccnc2OCC(F)(F)F)cc1. The number of nitrogens with zero attached hydrogens (tertiary/aromatic N) is 2. The Morgan fingerprint density at radius 2 is 1.96 bits per heavy atom. The Balaban J connectivity index is 1.99. The van der Waals surface area contributed by atoms with Crippen LogP contribution in [0.5, 0.6) is 5.88 Å². The summed E-state index contributed by atoms with van der Waals surface area (Å²) >= 11 is 0. The molecule has 0 unspecified atom stereocenters. The normalized spacial score (nSPS) is 12.1. The second-order valence-electron chi connectivity index (χ2n) is 5.25. The smallest absolute Gasteiger partial charge is 0.422 e. The maximum atomic E-state index is 12.3. The molecule has 0 saturated carbocycles. The number of guanidine groups is 1. The first-order valence-corrected chi connectivity index (χ1v) is 7.66. The van der Waals surface area contributed by atoms with Crippen LogP contribution in [0.15, 0.2) is 47.6 Å². The van der Waals surface area contributed by atoms with Gasteiger partial charge in [0.25, 0.3) is 0 Å². The van der Waals surface area contributed by atoms with Gasteiger partial charge in [0.05, 0.1) is 6.54 Å². The van der Waals surface area contributed by atoms with Crippen LogP contribution in [0.3, 0.4) is 0 Å². The van der Waals surface area contributed by atoms with E-state index in [0.29, 0.717) is 5.56 Å². The number of hydrogen-bond acceptors (Lipinski definition) is 3. The minimum absolute atomic E-state index is 0.0485. The Hall–Kier alpha value is -2.77. The van der Waals surface area contributed by atoms with E-state index in [1.54, 1.807) is 12.1 Å². The van der Waals surface area contributed by atoms with Gasteiger partial charge >= 0.3 is 6.18 Å². The molecule has 0 spiro atoms. The highest BCUT2D eigenvalue weighted by atomic mass is 19.4. The molecule has 8 heteroatoms. The number of benzene rings is 1. The first-order chi connectivity index (χ1) is 11.9. The predicted octanol–water partition coefficient (Wildman–Crippen LogP) is 3.51. The topological polar surface area (TPSA) is 72.5 Å². The molecule has 1 aromatic heterocycles. The van der Waals surface area contributed by atoms with Crippen LogP contribution in [0.2, 0.25) is 0 Å². The average molecular weight is 352 g/mol. The fourth-order valence-electron chi connectivity index (χ4n) is 2.01. The van der Waals surface area contributed by atoms with Crippen LogP contribution < -0.4 is 15.8 Å². The van der Waals surface area contributed by atoms with E-state index in [4.69, 9.17) is 10.5 Å². The highest BCUT2D eigenvalue weighted by Gasteiger charge is 2.29. The highest BCUT2D eigenvalue weighted by Crippen LogP contribution is 2.20. The van der Waals surface area contributed by atoms with Gasteiger partial charge in [-0.3, -0.25) is 0 Å². The number of alkyl halides is 3. The summed E-state index contributed by atoms with van der Waals surface area (Å²) in [6, 6.07) is 10.9. The van der Waals surface area contributed by atoms with E-state index >= 15 is 0 Å². The fraction of sp³-hybridized carbons (Fsp3) is 0.294. The molecule has 0 amide bonds. The van der Waals surface area contributed by atoms with Crippen molar-refractivity contribution < 1.29 is 17.9 Å². The monoisotopic (exact) mass is 352 g/mol. The maximum Gasteiger partial charge on any atom is 0.422 e. The van der Waals surface area contributed by atoms with Gasteiger partial charge in [0, 0.05) is 17.4 Å². The van der Waals surface area contributed by atoms with Crippen molar-refractivity contribution in [3.05, 3.63) is 53.7 Å². The summed E-state index contributed by atoms with van der Waals surface area (Å²) in [5.41, 5.74) is 8.20. The van der Waals surface area contributed by atoms with Gasteiger partial charge in [-0.2, -0.15) is 13.2 Å². The third-order valence-electron chi connectivity index (χ3n) is 3.28. The van der Waals surface area contributed by atoms with Crippen LogP contribution in [0.4, 0.5) is 18.9 Å². The van der Waals surface area contributed by atoms with Gasteiger partial charge in [-0.25, -0.2) is 9.98 Å². The van der Waals surface area contributed by atoms with Crippen LogP contribution in [0.25, 0.3) is 0 Å². The lowest BCUT2D eigenvalue weighted by Gasteiger charge is -2.11. The number of nitrogens with two attached hydrogens (primary N) is 1. The number of aryl methyl sites for hydroxylation is 1. The molecule has 1 heterocycles. The van der Waals surface area contributed by atoms with E-state index in [2.05, 4.69) is 22.2 Å². The van der Waals surface area contributed by atoms with Crippen LogP contribution in [-0.2, 0) is 13.0 Å². The third kappa shape index (κ3) is 6.33. The molecule has 0 aliphatic rings. The van der Waals surface area contributed by atoms with E-state index in [1.807, 2.05) is 24.3 Å². The fourth-order valence-corrected chi connectivity index (χ4v) is 2.01. The summed E-state index contributed by atoms with van der Waals surface area (Å²) < 4.78 is 41.5. The van der Waals surface area contributed by atoms with Gasteiger partial charge < -0.3 is 15.8 Å². The number of aliphatic imine (C=N–C) groups is 1. The zero-order valence-electron chi connectivity index (χ0n) is 13.7. The van der Waals surface area contributed by atoms with Gasteiger partial charge in [0.2, 0.25) is 5.88 Å². The molecule has 0 bridgehead atoms. The second kappa shape index (κ2) is 8.36. The Labute approximate surface area is 143 Å². The molecule has 5 nitrogen and oxygen atoms in total. The standard InChI is InChI=1S/C17H19F3N4O/c1-2-12-5-7-14(8-6-12)24-16(21)23-10-13-4-3-9-22-15(13)25-11-17(18,19)20/h3-9H,2,10-11H2,1H3,(H3,21,23,24). The molecule has 0 atom stereocenters. The number of anilines is 1. The van der Waals surface area contributed by atoms with Crippen LogP contribution >= 0.6 is 0 Å². The zero-order valence-corrected chi connectivity index (χ0v) is 13.7. The largest absolute Gasteiger partial charge is 0.468 e. The quantitative estimate of drug-likeness (QED) is 0.616. The number of nitrogens with one attached hydrogen (secondary N) is 1. The van der Waals surface area contributed by atoms with Gasteiger partial charge in [-0.15, -0.1) is 0 Å². The van der Waals surface area contributed by atoms with Gasteiger partial charge in [-0.05, 0) is 30.2 Å². The number of pyridine rings is 1. The molecule has 0 radical (unpaired) electrons. The Morgan fingerprint density at radius 1 is 1.24 bits per heavy atom. The van der Waals surface area contributed by atoms with Crippen molar-refractivity contribution in [2.75, 3.05) is 11.9 Å². The number of ether oxygens (including phenoxy) is 1. The molecule has 2 aromatic rings. The Kier molecular flexibility index (Phi) is 6.21. The van der Waals surface area contributed by atoms with E-state index < -0.39 is 12.8 Å². The van der Waals surface area contributed by atoms with Gasteiger partial charge in [0.15, 0.2) is 12.6 Å². The minimum Gasteiger partial charge on any atom is -0.468 e. The summed E-state index contributed by atoms with van der Waals surface area (Å²) in [5.74, 6) is 0.0403. The molecule has 25 heavy (non-hydrogen) atoms. The van der Waals surface area contributed by atoms with Crippen molar-refractivity contribution >= 4 is 11.6 Å². The Bertz CT molecular complexity index is 715. The molecule has 0 saturated heterocycles.